The van der Waals surface area contributed by atoms with Crippen molar-refractivity contribution in [3.63, 3.8) is 0 Å². The summed E-state index contributed by atoms with van der Waals surface area (Å²) in [5, 5.41) is 0. The zero-order chi connectivity index (χ0) is 15.5. The number of rotatable bonds is 1. The SMILES string of the molecule is C[n+]1cn(-c2ccccc2)c2ccncc21.F[B-](F)(F)F. The second-order valence-corrected chi connectivity index (χ2v) is 4.29. The molecule has 0 saturated carbocycles. The fraction of sp³-hybridized carbons (Fsp3) is 0.0769. The molecule has 0 atom stereocenters. The third-order valence-corrected chi connectivity index (χ3v) is 2.74. The van der Waals surface area contributed by atoms with Crippen LogP contribution in [0.2, 0.25) is 0 Å². The Morgan fingerprint density at radius 1 is 1.05 bits per heavy atom. The maximum absolute atomic E-state index is 9.75. The molecule has 1 aromatic carbocycles. The number of imidazole rings is 1. The number of aryl methyl sites for hydroxylation is 1. The van der Waals surface area contributed by atoms with E-state index in [0.29, 0.717) is 0 Å². The first-order valence-electron chi connectivity index (χ1n) is 6.10. The predicted molar refractivity (Wildman–Crippen MR) is 72.4 cm³/mol. The standard InChI is InChI=1S/C13H12N3.BF4/c1-15-10-16(11-5-3-2-4-6-11)12-7-8-14-9-13(12)15;2-1(3,4)5/h2-10H,1H3;/q+1;-1. The van der Waals surface area contributed by atoms with Gasteiger partial charge in [0.15, 0.2) is 11.0 Å². The number of nitrogens with zero attached hydrogens (tertiary/aromatic N) is 3. The Bertz CT molecular complexity index is 719. The van der Waals surface area contributed by atoms with Crippen LogP contribution in [0.25, 0.3) is 16.7 Å². The van der Waals surface area contributed by atoms with Crippen LogP contribution >= 0.6 is 0 Å². The van der Waals surface area contributed by atoms with Crippen LogP contribution in [0.5, 0.6) is 0 Å². The molecule has 2 heterocycles. The van der Waals surface area contributed by atoms with Crippen molar-refractivity contribution in [2.75, 3.05) is 0 Å². The molecule has 0 spiro atoms. The summed E-state index contributed by atoms with van der Waals surface area (Å²) in [5.41, 5.74) is 3.47. The van der Waals surface area contributed by atoms with E-state index in [4.69, 9.17) is 0 Å². The molecular formula is C13H12BF4N3. The van der Waals surface area contributed by atoms with Crippen molar-refractivity contribution < 1.29 is 21.8 Å². The third-order valence-electron chi connectivity index (χ3n) is 2.74. The molecule has 0 saturated heterocycles. The maximum atomic E-state index is 9.75. The van der Waals surface area contributed by atoms with Crippen molar-refractivity contribution in [3.8, 4) is 5.69 Å². The zero-order valence-corrected chi connectivity index (χ0v) is 11.1. The number of halogens is 4. The Hall–Kier alpha value is -2.38. The summed E-state index contributed by atoms with van der Waals surface area (Å²) in [6.07, 6.45) is 5.78. The van der Waals surface area contributed by atoms with Gasteiger partial charge < -0.3 is 17.3 Å². The molecule has 0 aliphatic heterocycles. The molecule has 0 N–H and O–H groups in total. The average molecular weight is 297 g/mol. The summed E-state index contributed by atoms with van der Waals surface area (Å²) in [5.74, 6) is 0. The van der Waals surface area contributed by atoms with Crippen LogP contribution in [-0.2, 0) is 7.05 Å². The molecule has 3 aromatic rings. The largest absolute Gasteiger partial charge is 0.673 e. The first kappa shape index (κ1) is 15.0. The molecule has 2 aromatic heterocycles. The highest BCUT2D eigenvalue weighted by molar-refractivity contribution is 6.50. The Kier molecular flexibility index (Phi) is 4.25. The minimum atomic E-state index is -6.00. The lowest BCUT2D eigenvalue weighted by molar-refractivity contribution is -0.645. The Labute approximate surface area is 118 Å². The minimum absolute atomic E-state index is 1.13. The van der Waals surface area contributed by atoms with Crippen LogP contribution in [0, 0.1) is 0 Å². The molecular weight excluding hydrogens is 285 g/mol. The normalized spacial score (nSPS) is 11.1. The van der Waals surface area contributed by atoms with Crippen molar-refractivity contribution in [2.24, 2.45) is 7.05 Å². The quantitative estimate of drug-likeness (QED) is 0.384. The van der Waals surface area contributed by atoms with Gasteiger partial charge in [0, 0.05) is 12.3 Å². The molecule has 21 heavy (non-hydrogen) atoms. The molecule has 0 bridgehead atoms. The van der Waals surface area contributed by atoms with Crippen molar-refractivity contribution >= 4 is 18.3 Å². The Balaban J connectivity index is 0.000000282. The number of fused-ring (bicyclic) bond motifs is 1. The van der Waals surface area contributed by atoms with E-state index in [1.165, 1.54) is 11.2 Å². The molecule has 0 fully saturated rings. The van der Waals surface area contributed by atoms with Gasteiger partial charge in [0.25, 0.3) is 0 Å². The van der Waals surface area contributed by atoms with Gasteiger partial charge in [-0.25, -0.2) is 4.57 Å². The second-order valence-electron chi connectivity index (χ2n) is 4.29. The average Bonchev–Trinajstić information content (AvgIpc) is 2.76. The van der Waals surface area contributed by atoms with Crippen molar-refractivity contribution in [1.82, 2.24) is 9.55 Å². The van der Waals surface area contributed by atoms with Gasteiger partial charge in [-0.2, -0.15) is 4.57 Å². The van der Waals surface area contributed by atoms with Gasteiger partial charge in [-0.3, -0.25) is 4.98 Å². The van der Waals surface area contributed by atoms with Gasteiger partial charge in [0.1, 0.15) is 5.69 Å². The van der Waals surface area contributed by atoms with Crippen LogP contribution in [0.3, 0.4) is 0 Å². The number of hydrogen-bond acceptors (Lipinski definition) is 1. The van der Waals surface area contributed by atoms with E-state index in [1.54, 1.807) is 0 Å². The zero-order valence-electron chi connectivity index (χ0n) is 11.1. The van der Waals surface area contributed by atoms with Gasteiger partial charge in [-0.05, 0) is 12.1 Å². The molecule has 0 aliphatic carbocycles. The third kappa shape index (κ3) is 4.04. The van der Waals surface area contributed by atoms with Crippen molar-refractivity contribution in [1.29, 1.82) is 0 Å². The number of pyridine rings is 1. The fourth-order valence-corrected chi connectivity index (χ4v) is 1.95. The highest BCUT2D eigenvalue weighted by Gasteiger charge is 2.20. The Morgan fingerprint density at radius 2 is 1.67 bits per heavy atom. The lowest BCUT2D eigenvalue weighted by Gasteiger charge is -1.95. The number of para-hydroxylation sites is 1. The summed E-state index contributed by atoms with van der Waals surface area (Å²) in [7, 11) is -3.97. The van der Waals surface area contributed by atoms with Crippen molar-refractivity contribution in [3.05, 3.63) is 55.1 Å². The molecule has 110 valence electrons. The van der Waals surface area contributed by atoms with E-state index in [9.17, 15) is 17.3 Å². The summed E-state index contributed by atoms with van der Waals surface area (Å²) >= 11 is 0. The highest BCUT2D eigenvalue weighted by Crippen LogP contribution is 2.14. The van der Waals surface area contributed by atoms with Crippen LogP contribution in [0.15, 0.2) is 55.1 Å². The monoisotopic (exact) mass is 297 g/mol. The first-order chi connectivity index (χ1) is 9.86. The smallest absolute Gasteiger partial charge is 0.418 e. The van der Waals surface area contributed by atoms with E-state index in [2.05, 4.69) is 32.6 Å². The molecule has 8 heteroatoms. The van der Waals surface area contributed by atoms with Crippen LogP contribution in [-0.4, -0.2) is 16.8 Å². The second kappa shape index (κ2) is 5.95. The molecule has 0 unspecified atom stereocenters. The first-order valence-corrected chi connectivity index (χ1v) is 6.10. The Morgan fingerprint density at radius 3 is 2.29 bits per heavy atom. The summed E-state index contributed by atoms with van der Waals surface area (Å²) in [6, 6.07) is 12.3. The minimum Gasteiger partial charge on any atom is -0.418 e. The number of benzene rings is 1. The lowest BCUT2D eigenvalue weighted by atomic mass is 10.3. The van der Waals surface area contributed by atoms with Crippen LogP contribution < -0.4 is 4.57 Å². The van der Waals surface area contributed by atoms with E-state index in [1.807, 2.05) is 43.7 Å². The summed E-state index contributed by atoms with van der Waals surface area (Å²) < 4.78 is 43.2. The topological polar surface area (TPSA) is 21.7 Å². The summed E-state index contributed by atoms with van der Waals surface area (Å²) in [4.78, 5) is 4.15. The highest BCUT2D eigenvalue weighted by atomic mass is 19.5. The van der Waals surface area contributed by atoms with E-state index in [0.717, 1.165) is 5.52 Å². The van der Waals surface area contributed by atoms with Gasteiger partial charge in [-0.15, -0.1) is 0 Å². The van der Waals surface area contributed by atoms with Gasteiger partial charge in [0.2, 0.25) is 6.33 Å². The summed E-state index contributed by atoms with van der Waals surface area (Å²) in [6.45, 7) is 0. The molecule has 3 rings (SSSR count). The van der Waals surface area contributed by atoms with E-state index >= 15 is 0 Å². The molecule has 3 nitrogen and oxygen atoms in total. The van der Waals surface area contributed by atoms with E-state index < -0.39 is 7.25 Å². The number of aromatic nitrogens is 3. The van der Waals surface area contributed by atoms with E-state index in [-0.39, 0.29) is 0 Å². The van der Waals surface area contributed by atoms with Gasteiger partial charge in [-0.1, -0.05) is 18.2 Å². The molecule has 0 amide bonds. The van der Waals surface area contributed by atoms with Crippen LogP contribution in [0.4, 0.5) is 17.3 Å². The number of hydrogen-bond donors (Lipinski definition) is 0. The predicted octanol–water partition coefficient (Wildman–Crippen LogP) is 3.15. The lowest BCUT2D eigenvalue weighted by Crippen LogP contribution is -2.25. The molecule has 0 aliphatic rings. The fourth-order valence-electron chi connectivity index (χ4n) is 1.95. The van der Waals surface area contributed by atoms with Crippen LogP contribution in [0.1, 0.15) is 0 Å². The van der Waals surface area contributed by atoms with Gasteiger partial charge >= 0.3 is 7.25 Å². The molecule has 0 radical (unpaired) electrons. The van der Waals surface area contributed by atoms with Gasteiger partial charge in [0.05, 0.1) is 13.2 Å². The van der Waals surface area contributed by atoms with Crippen molar-refractivity contribution in [2.45, 2.75) is 0 Å². The maximum Gasteiger partial charge on any atom is 0.673 e.